The molecule has 3 heteroatoms. The number of pyridine rings is 1. The van der Waals surface area contributed by atoms with Crippen LogP contribution in [-0.2, 0) is 0 Å². The van der Waals surface area contributed by atoms with Gasteiger partial charge in [-0.1, -0.05) is 6.92 Å². The first-order valence-electron chi connectivity index (χ1n) is 5.07. The fourth-order valence-electron chi connectivity index (χ4n) is 1.63. The van der Waals surface area contributed by atoms with E-state index in [1.807, 2.05) is 12.4 Å². The second-order valence-corrected chi connectivity index (χ2v) is 4.11. The molecule has 2 heterocycles. The number of thiophene rings is 1. The van der Waals surface area contributed by atoms with E-state index < -0.39 is 0 Å². The molecular weight excluding hydrogens is 204 g/mol. The lowest BCUT2D eigenvalue weighted by Gasteiger charge is -2.16. The summed E-state index contributed by atoms with van der Waals surface area (Å²) in [5, 5.41) is 7.78. The lowest BCUT2D eigenvalue weighted by atomic mass is 10.0. The third-order valence-corrected chi connectivity index (χ3v) is 3.03. The van der Waals surface area contributed by atoms with Gasteiger partial charge in [0.25, 0.3) is 0 Å². The summed E-state index contributed by atoms with van der Waals surface area (Å²) in [6.45, 7) is 3.09. The van der Waals surface area contributed by atoms with Gasteiger partial charge >= 0.3 is 0 Å². The minimum Gasteiger partial charge on any atom is -0.307 e. The molecule has 1 N–H and O–H groups in total. The molecule has 0 aliphatic heterocycles. The maximum atomic E-state index is 4.04. The molecule has 78 valence electrons. The quantitative estimate of drug-likeness (QED) is 0.853. The number of nitrogens with one attached hydrogen (secondary N) is 1. The highest BCUT2D eigenvalue weighted by Crippen LogP contribution is 2.23. The van der Waals surface area contributed by atoms with Gasteiger partial charge in [0.15, 0.2) is 0 Å². The molecule has 2 nitrogen and oxygen atoms in total. The molecule has 2 rings (SSSR count). The fourth-order valence-corrected chi connectivity index (χ4v) is 2.31. The van der Waals surface area contributed by atoms with Crippen molar-refractivity contribution >= 4 is 11.3 Å². The molecule has 0 spiro atoms. The Kier molecular flexibility index (Phi) is 3.48. The van der Waals surface area contributed by atoms with E-state index in [9.17, 15) is 0 Å². The van der Waals surface area contributed by atoms with Crippen molar-refractivity contribution in [1.29, 1.82) is 0 Å². The molecule has 0 aliphatic rings. The van der Waals surface area contributed by atoms with Crippen LogP contribution in [0.5, 0.6) is 0 Å². The zero-order valence-corrected chi connectivity index (χ0v) is 9.50. The molecule has 1 atom stereocenters. The van der Waals surface area contributed by atoms with Crippen LogP contribution >= 0.6 is 11.3 Å². The van der Waals surface area contributed by atoms with E-state index >= 15 is 0 Å². The lowest BCUT2D eigenvalue weighted by Crippen LogP contribution is -2.21. The Morgan fingerprint density at radius 1 is 1.27 bits per heavy atom. The first-order chi connectivity index (χ1) is 7.42. The molecule has 0 bridgehead atoms. The smallest absolute Gasteiger partial charge is 0.0585 e. The van der Waals surface area contributed by atoms with Crippen LogP contribution in [0.1, 0.15) is 24.1 Å². The van der Waals surface area contributed by atoms with Crippen LogP contribution in [0, 0.1) is 0 Å². The Bertz CT molecular complexity index is 383. The van der Waals surface area contributed by atoms with E-state index in [1.54, 1.807) is 11.3 Å². The minimum atomic E-state index is 0.296. The van der Waals surface area contributed by atoms with Gasteiger partial charge in [-0.2, -0.15) is 11.3 Å². The van der Waals surface area contributed by atoms with Gasteiger partial charge in [-0.25, -0.2) is 0 Å². The highest BCUT2D eigenvalue weighted by molar-refractivity contribution is 7.08. The molecule has 0 radical (unpaired) electrons. The third-order valence-electron chi connectivity index (χ3n) is 2.32. The van der Waals surface area contributed by atoms with Crippen molar-refractivity contribution in [2.24, 2.45) is 0 Å². The lowest BCUT2D eigenvalue weighted by molar-refractivity contribution is 0.632. The fraction of sp³-hybridized carbons (Fsp3) is 0.250. The maximum Gasteiger partial charge on any atom is 0.0585 e. The van der Waals surface area contributed by atoms with Crippen LogP contribution in [0.25, 0.3) is 0 Å². The Morgan fingerprint density at radius 3 is 2.67 bits per heavy atom. The van der Waals surface area contributed by atoms with Crippen molar-refractivity contribution in [2.45, 2.75) is 13.0 Å². The highest BCUT2D eigenvalue weighted by atomic mass is 32.1. The standard InChI is InChI=1S/C12H14N2S/c1-2-14-12(11-5-8-15-9-11)10-3-6-13-7-4-10/h3-9,12,14H,2H2,1H3. The molecule has 0 fully saturated rings. The van der Waals surface area contributed by atoms with Crippen LogP contribution in [0.4, 0.5) is 0 Å². The van der Waals surface area contributed by atoms with Gasteiger partial charge in [0, 0.05) is 12.4 Å². The summed E-state index contributed by atoms with van der Waals surface area (Å²) >= 11 is 1.73. The van der Waals surface area contributed by atoms with Crippen LogP contribution in [0.15, 0.2) is 41.4 Å². The van der Waals surface area contributed by atoms with E-state index in [4.69, 9.17) is 0 Å². The summed E-state index contributed by atoms with van der Waals surface area (Å²) < 4.78 is 0. The summed E-state index contributed by atoms with van der Waals surface area (Å²) in [4.78, 5) is 4.04. The normalized spacial score (nSPS) is 12.6. The molecular formula is C12H14N2S. The second kappa shape index (κ2) is 5.05. The summed E-state index contributed by atoms with van der Waals surface area (Å²) in [7, 11) is 0. The van der Waals surface area contributed by atoms with Gasteiger partial charge in [0.05, 0.1) is 6.04 Å². The predicted octanol–water partition coefficient (Wildman–Crippen LogP) is 2.84. The topological polar surface area (TPSA) is 24.9 Å². The summed E-state index contributed by atoms with van der Waals surface area (Å²) in [6.07, 6.45) is 3.68. The molecule has 0 aromatic carbocycles. The molecule has 2 aromatic heterocycles. The molecule has 15 heavy (non-hydrogen) atoms. The molecule has 0 saturated heterocycles. The van der Waals surface area contributed by atoms with Crippen molar-refractivity contribution in [2.75, 3.05) is 6.54 Å². The van der Waals surface area contributed by atoms with Crippen molar-refractivity contribution in [1.82, 2.24) is 10.3 Å². The van der Waals surface area contributed by atoms with Gasteiger partial charge < -0.3 is 5.32 Å². The minimum absolute atomic E-state index is 0.296. The van der Waals surface area contributed by atoms with E-state index in [1.165, 1.54) is 11.1 Å². The van der Waals surface area contributed by atoms with E-state index in [0.29, 0.717) is 6.04 Å². The van der Waals surface area contributed by atoms with Gasteiger partial charge in [0.1, 0.15) is 0 Å². The largest absolute Gasteiger partial charge is 0.307 e. The van der Waals surface area contributed by atoms with E-state index in [2.05, 4.69) is 46.2 Å². The summed E-state index contributed by atoms with van der Waals surface area (Å²) in [6, 6.07) is 6.58. The van der Waals surface area contributed by atoms with Crippen molar-refractivity contribution in [3.63, 3.8) is 0 Å². The average molecular weight is 218 g/mol. The number of hydrogen-bond acceptors (Lipinski definition) is 3. The van der Waals surface area contributed by atoms with Crippen LogP contribution in [0.2, 0.25) is 0 Å². The molecule has 2 aromatic rings. The Morgan fingerprint density at radius 2 is 2.07 bits per heavy atom. The SMILES string of the molecule is CCNC(c1ccncc1)c1ccsc1. The maximum absolute atomic E-state index is 4.04. The Labute approximate surface area is 94.0 Å². The van der Waals surface area contributed by atoms with Crippen molar-refractivity contribution in [3.8, 4) is 0 Å². The van der Waals surface area contributed by atoms with Gasteiger partial charge in [-0.05, 0) is 46.6 Å². The monoisotopic (exact) mass is 218 g/mol. The predicted molar refractivity (Wildman–Crippen MR) is 64.1 cm³/mol. The van der Waals surface area contributed by atoms with Gasteiger partial charge in [-0.15, -0.1) is 0 Å². The molecule has 0 amide bonds. The first kappa shape index (κ1) is 10.3. The Hall–Kier alpha value is -1.19. The summed E-state index contributed by atoms with van der Waals surface area (Å²) in [5.74, 6) is 0. The van der Waals surface area contributed by atoms with Crippen LogP contribution in [0.3, 0.4) is 0 Å². The van der Waals surface area contributed by atoms with Crippen LogP contribution < -0.4 is 5.32 Å². The zero-order chi connectivity index (χ0) is 10.5. The Balaban J connectivity index is 2.28. The summed E-state index contributed by atoms with van der Waals surface area (Å²) in [5.41, 5.74) is 2.60. The average Bonchev–Trinajstić information content (AvgIpc) is 2.80. The molecule has 0 aliphatic carbocycles. The number of nitrogens with zero attached hydrogens (tertiary/aromatic N) is 1. The molecule has 1 unspecified atom stereocenters. The van der Waals surface area contributed by atoms with E-state index in [0.717, 1.165) is 6.54 Å². The van der Waals surface area contributed by atoms with E-state index in [-0.39, 0.29) is 0 Å². The number of rotatable bonds is 4. The van der Waals surface area contributed by atoms with Crippen molar-refractivity contribution < 1.29 is 0 Å². The second-order valence-electron chi connectivity index (χ2n) is 3.33. The van der Waals surface area contributed by atoms with Crippen molar-refractivity contribution in [3.05, 3.63) is 52.5 Å². The zero-order valence-electron chi connectivity index (χ0n) is 8.68. The van der Waals surface area contributed by atoms with Gasteiger partial charge in [0.2, 0.25) is 0 Å². The number of aromatic nitrogens is 1. The van der Waals surface area contributed by atoms with Gasteiger partial charge in [-0.3, -0.25) is 4.98 Å². The first-order valence-corrected chi connectivity index (χ1v) is 6.01. The third kappa shape index (κ3) is 2.43. The number of hydrogen-bond donors (Lipinski definition) is 1. The molecule has 0 saturated carbocycles. The highest BCUT2D eigenvalue weighted by Gasteiger charge is 2.12. The van der Waals surface area contributed by atoms with Crippen LogP contribution in [-0.4, -0.2) is 11.5 Å².